The van der Waals surface area contributed by atoms with E-state index < -0.39 is 0 Å². The Balaban J connectivity index is 2.13. The summed E-state index contributed by atoms with van der Waals surface area (Å²) in [5.74, 6) is 1.18. The molecule has 0 unspecified atom stereocenters. The second-order valence-corrected chi connectivity index (χ2v) is 5.87. The van der Waals surface area contributed by atoms with Crippen LogP contribution in [0.1, 0.15) is 19.4 Å². The van der Waals surface area contributed by atoms with Crippen LogP contribution in [0.5, 0.6) is 5.75 Å². The molecule has 0 aliphatic heterocycles. The molecule has 0 saturated carbocycles. The fourth-order valence-electron chi connectivity index (χ4n) is 2.60. The first-order chi connectivity index (χ1) is 10.6. The van der Waals surface area contributed by atoms with E-state index >= 15 is 0 Å². The van der Waals surface area contributed by atoms with Crippen molar-refractivity contribution in [3.8, 4) is 5.75 Å². The number of para-hydroxylation sites is 1. The van der Waals surface area contributed by atoms with Gasteiger partial charge in [0.05, 0.1) is 0 Å². The Bertz CT molecular complexity index is 574. The zero-order chi connectivity index (χ0) is 15.9. The fraction of sp³-hybridized carbons (Fsp3) is 0.300. The Morgan fingerprint density at radius 2 is 1.68 bits per heavy atom. The average Bonchev–Trinajstić information content (AvgIpc) is 2.53. The largest absolute Gasteiger partial charge is 0.490 e. The van der Waals surface area contributed by atoms with E-state index in [1.165, 1.54) is 12.1 Å². The quantitative estimate of drug-likeness (QED) is 0.632. The molecule has 2 rings (SSSR count). The highest BCUT2D eigenvalue weighted by molar-refractivity contribution is 5.22. The van der Waals surface area contributed by atoms with Crippen molar-refractivity contribution in [3.63, 3.8) is 0 Å². The maximum Gasteiger partial charge on any atom is 0.123 e. The molecule has 0 heterocycles. The smallest absolute Gasteiger partial charge is 0.123 e. The van der Waals surface area contributed by atoms with Gasteiger partial charge in [0.15, 0.2) is 0 Å². The van der Waals surface area contributed by atoms with Crippen molar-refractivity contribution in [2.75, 3.05) is 0 Å². The van der Waals surface area contributed by atoms with Gasteiger partial charge in [-0.25, -0.2) is 4.39 Å². The molecule has 0 N–H and O–H groups in total. The van der Waals surface area contributed by atoms with Crippen LogP contribution in [0.4, 0.5) is 4.39 Å². The summed E-state index contributed by atoms with van der Waals surface area (Å²) in [6, 6.07) is 16.5. The Morgan fingerprint density at radius 3 is 2.23 bits per heavy atom. The molecular formula is C20H23FO. The van der Waals surface area contributed by atoms with Crippen molar-refractivity contribution < 1.29 is 9.13 Å². The second-order valence-electron chi connectivity index (χ2n) is 5.87. The van der Waals surface area contributed by atoms with Gasteiger partial charge in [-0.2, -0.15) is 0 Å². The van der Waals surface area contributed by atoms with E-state index in [0.29, 0.717) is 5.92 Å². The summed E-state index contributed by atoms with van der Waals surface area (Å²) in [7, 11) is 0. The molecule has 0 saturated heterocycles. The Hall–Kier alpha value is -2.09. The Kier molecular flexibility index (Phi) is 5.76. The number of ether oxygens (including phenoxy) is 1. The highest BCUT2D eigenvalue weighted by Crippen LogP contribution is 2.25. The molecule has 0 spiro atoms. The molecule has 0 aliphatic rings. The predicted molar refractivity (Wildman–Crippen MR) is 89.5 cm³/mol. The molecule has 2 aromatic carbocycles. The van der Waals surface area contributed by atoms with Crippen molar-refractivity contribution in [2.24, 2.45) is 11.8 Å². The molecule has 2 atom stereocenters. The van der Waals surface area contributed by atoms with Gasteiger partial charge < -0.3 is 4.74 Å². The van der Waals surface area contributed by atoms with Gasteiger partial charge in [0.25, 0.3) is 0 Å². The molecule has 0 bridgehead atoms. The van der Waals surface area contributed by atoms with Crippen LogP contribution in [0.15, 0.2) is 67.3 Å². The van der Waals surface area contributed by atoms with Crippen LogP contribution in [0.2, 0.25) is 0 Å². The topological polar surface area (TPSA) is 9.23 Å². The summed E-state index contributed by atoms with van der Waals surface area (Å²) in [6.45, 7) is 8.26. The molecule has 0 fully saturated rings. The van der Waals surface area contributed by atoms with Gasteiger partial charge in [0, 0.05) is 5.92 Å². The van der Waals surface area contributed by atoms with Crippen molar-refractivity contribution in [2.45, 2.75) is 26.4 Å². The van der Waals surface area contributed by atoms with E-state index in [0.717, 1.165) is 17.7 Å². The van der Waals surface area contributed by atoms with E-state index in [9.17, 15) is 4.39 Å². The Morgan fingerprint density at radius 1 is 1.05 bits per heavy atom. The molecule has 116 valence electrons. The summed E-state index contributed by atoms with van der Waals surface area (Å²) in [5, 5.41) is 0. The number of halogens is 1. The second kappa shape index (κ2) is 7.79. The standard InChI is InChI=1S/C20H23FO/c1-4-17(14-16-10-12-18(21)13-11-16)20(15(2)3)22-19-8-6-5-7-9-19/h4-13,15,17,20H,1,14H2,2-3H3/t17-,20+/m1/s1. The van der Waals surface area contributed by atoms with Gasteiger partial charge in [-0.15, -0.1) is 6.58 Å². The minimum Gasteiger partial charge on any atom is -0.490 e. The van der Waals surface area contributed by atoms with Crippen LogP contribution in [-0.2, 0) is 6.42 Å². The third-order valence-corrected chi connectivity index (χ3v) is 3.78. The Labute approximate surface area is 132 Å². The lowest BCUT2D eigenvalue weighted by Crippen LogP contribution is -2.32. The van der Waals surface area contributed by atoms with Crippen molar-refractivity contribution in [1.29, 1.82) is 0 Å². The van der Waals surface area contributed by atoms with E-state index in [-0.39, 0.29) is 17.8 Å². The maximum atomic E-state index is 13.0. The number of benzene rings is 2. The molecule has 0 amide bonds. The minimum absolute atomic E-state index is 0.0324. The summed E-state index contributed by atoms with van der Waals surface area (Å²) < 4.78 is 19.2. The van der Waals surface area contributed by atoms with Crippen molar-refractivity contribution in [3.05, 3.63) is 78.6 Å². The van der Waals surface area contributed by atoms with Crippen LogP contribution >= 0.6 is 0 Å². The van der Waals surface area contributed by atoms with E-state index in [4.69, 9.17) is 4.74 Å². The van der Waals surface area contributed by atoms with Crippen LogP contribution in [0, 0.1) is 17.7 Å². The van der Waals surface area contributed by atoms with Crippen molar-refractivity contribution >= 4 is 0 Å². The number of rotatable bonds is 7. The van der Waals surface area contributed by atoms with E-state index in [2.05, 4.69) is 20.4 Å². The van der Waals surface area contributed by atoms with Gasteiger partial charge in [-0.1, -0.05) is 50.3 Å². The monoisotopic (exact) mass is 298 g/mol. The zero-order valence-corrected chi connectivity index (χ0v) is 13.2. The minimum atomic E-state index is -0.208. The third kappa shape index (κ3) is 4.45. The molecule has 0 aliphatic carbocycles. The SMILES string of the molecule is C=C[C@H](Cc1ccc(F)cc1)[C@@H](Oc1ccccc1)C(C)C. The molecule has 0 aromatic heterocycles. The van der Waals surface area contributed by atoms with Crippen LogP contribution in [-0.4, -0.2) is 6.10 Å². The van der Waals surface area contributed by atoms with E-state index in [1.807, 2.05) is 48.5 Å². The van der Waals surface area contributed by atoms with Crippen molar-refractivity contribution in [1.82, 2.24) is 0 Å². The predicted octanol–water partition coefficient (Wildman–Crippen LogP) is 5.27. The van der Waals surface area contributed by atoms with Crippen LogP contribution in [0.3, 0.4) is 0 Å². The van der Waals surface area contributed by atoms with Gasteiger partial charge in [-0.05, 0) is 42.2 Å². The molecule has 1 nitrogen and oxygen atoms in total. The lowest BCUT2D eigenvalue weighted by atomic mass is 9.88. The zero-order valence-electron chi connectivity index (χ0n) is 13.2. The summed E-state index contributed by atoms with van der Waals surface area (Å²) >= 11 is 0. The number of hydrogen-bond donors (Lipinski definition) is 0. The average molecular weight is 298 g/mol. The van der Waals surface area contributed by atoms with Gasteiger partial charge in [-0.3, -0.25) is 0 Å². The van der Waals surface area contributed by atoms with Crippen LogP contribution < -0.4 is 4.74 Å². The third-order valence-electron chi connectivity index (χ3n) is 3.78. The maximum absolute atomic E-state index is 13.0. The van der Waals surface area contributed by atoms with Gasteiger partial charge in [0.2, 0.25) is 0 Å². The first kappa shape index (κ1) is 16.3. The molecule has 2 aromatic rings. The first-order valence-corrected chi connectivity index (χ1v) is 7.69. The summed E-state index contributed by atoms with van der Waals surface area (Å²) in [5.41, 5.74) is 1.09. The van der Waals surface area contributed by atoms with Gasteiger partial charge in [0.1, 0.15) is 17.7 Å². The normalized spacial score (nSPS) is 13.6. The number of hydrogen-bond acceptors (Lipinski definition) is 1. The lowest BCUT2D eigenvalue weighted by molar-refractivity contribution is 0.109. The molecule has 2 heteroatoms. The van der Waals surface area contributed by atoms with Crippen LogP contribution in [0.25, 0.3) is 0 Å². The van der Waals surface area contributed by atoms with Gasteiger partial charge >= 0.3 is 0 Å². The summed E-state index contributed by atoms with van der Waals surface area (Å²) in [4.78, 5) is 0. The molecular weight excluding hydrogens is 275 g/mol. The molecule has 0 radical (unpaired) electrons. The highest BCUT2D eigenvalue weighted by Gasteiger charge is 2.24. The highest BCUT2D eigenvalue weighted by atomic mass is 19.1. The van der Waals surface area contributed by atoms with E-state index in [1.54, 1.807) is 0 Å². The summed E-state index contributed by atoms with van der Waals surface area (Å²) in [6.07, 6.45) is 2.76. The molecule has 22 heavy (non-hydrogen) atoms. The lowest BCUT2D eigenvalue weighted by Gasteiger charge is -2.29. The fourth-order valence-corrected chi connectivity index (χ4v) is 2.60. The first-order valence-electron chi connectivity index (χ1n) is 7.69.